The molecule has 1 aromatic heterocycles. The van der Waals surface area contributed by atoms with Crippen LogP contribution in [0.2, 0.25) is 5.02 Å². The Balaban J connectivity index is 1.07. The number of nitrogens with two attached hydrogens (primary N) is 1. The Hall–Kier alpha value is -3.35. The summed E-state index contributed by atoms with van der Waals surface area (Å²) < 4.78 is 2.52. The van der Waals surface area contributed by atoms with E-state index in [-0.39, 0.29) is 11.3 Å². The van der Waals surface area contributed by atoms with Crippen molar-refractivity contribution >= 4 is 34.2 Å². The Morgan fingerprint density at radius 2 is 1.62 bits per heavy atom. The van der Waals surface area contributed by atoms with Crippen LogP contribution in [0.5, 0.6) is 0 Å². The highest BCUT2D eigenvalue weighted by Crippen LogP contribution is 2.45. The van der Waals surface area contributed by atoms with E-state index in [1.54, 1.807) is 18.2 Å². The molecule has 3 aliphatic rings. The predicted octanol–water partition coefficient (Wildman–Crippen LogP) is 7.01. The number of anilines is 1. The molecule has 4 aromatic rings. The van der Waals surface area contributed by atoms with Crippen LogP contribution in [0.1, 0.15) is 72.7 Å². The zero-order chi connectivity index (χ0) is 28.8. The van der Waals surface area contributed by atoms with Crippen molar-refractivity contribution in [3.05, 3.63) is 94.8 Å². The monoisotopic (exact) mass is 581 g/mol. The van der Waals surface area contributed by atoms with Crippen molar-refractivity contribution in [2.24, 2.45) is 0 Å². The second-order valence-electron chi connectivity index (χ2n) is 12.7. The second-order valence-corrected chi connectivity index (χ2v) is 13.1. The van der Waals surface area contributed by atoms with Crippen LogP contribution in [0.3, 0.4) is 0 Å². The van der Waals surface area contributed by atoms with E-state index in [2.05, 4.69) is 71.0 Å². The minimum absolute atomic E-state index is 0.0531. The van der Waals surface area contributed by atoms with Gasteiger partial charge in [-0.05, 0) is 93.7 Å². The van der Waals surface area contributed by atoms with E-state index in [1.165, 1.54) is 36.8 Å². The van der Waals surface area contributed by atoms with E-state index in [4.69, 9.17) is 22.3 Å². The SMILES string of the molecule is Cc1nc2ccccc2n1C1CC2CCC(C1)N2CCC1(c2ccccc2)CCN(C(=O)c2c(N)cccc2Cl)CC1. The van der Waals surface area contributed by atoms with Gasteiger partial charge in [-0.15, -0.1) is 0 Å². The maximum Gasteiger partial charge on any atom is 0.257 e. The van der Waals surface area contributed by atoms with Gasteiger partial charge in [-0.3, -0.25) is 9.69 Å². The van der Waals surface area contributed by atoms with Crippen molar-refractivity contribution in [2.45, 2.75) is 75.4 Å². The molecule has 0 aliphatic carbocycles. The fourth-order valence-corrected chi connectivity index (χ4v) is 8.59. The molecule has 1 amide bonds. The number of fused-ring (bicyclic) bond motifs is 3. The molecule has 3 fully saturated rings. The van der Waals surface area contributed by atoms with Gasteiger partial charge in [-0.2, -0.15) is 0 Å². The molecule has 3 aromatic carbocycles. The summed E-state index contributed by atoms with van der Waals surface area (Å²) in [6.45, 7) is 4.68. The smallest absolute Gasteiger partial charge is 0.257 e. The number of nitrogens with zero attached hydrogens (tertiary/aromatic N) is 4. The molecular formula is C35H40ClN5O. The molecule has 0 saturated carbocycles. The molecule has 42 heavy (non-hydrogen) atoms. The first kappa shape index (κ1) is 27.5. The average molecular weight is 582 g/mol. The largest absolute Gasteiger partial charge is 0.398 e. The number of amides is 1. The van der Waals surface area contributed by atoms with E-state index in [1.807, 2.05) is 4.90 Å². The number of hydrogen-bond acceptors (Lipinski definition) is 4. The summed E-state index contributed by atoms with van der Waals surface area (Å²) in [4.78, 5) is 23.1. The number of halogens is 1. The van der Waals surface area contributed by atoms with E-state index >= 15 is 0 Å². The number of nitrogen functional groups attached to an aromatic ring is 1. The third-order valence-electron chi connectivity index (χ3n) is 10.5. The summed E-state index contributed by atoms with van der Waals surface area (Å²) in [6.07, 6.45) is 7.95. The number of carbonyl (C=O) groups excluding carboxylic acids is 1. The van der Waals surface area contributed by atoms with Gasteiger partial charge < -0.3 is 15.2 Å². The average Bonchev–Trinajstić information content (AvgIpc) is 3.47. The molecule has 4 heterocycles. The quantitative estimate of drug-likeness (QED) is 0.249. The summed E-state index contributed by atoms with van der Waals surface area (Å²) in [5.74, 6) is 1.08. The molecule has 2 N–H and O–H groups in total. The Morgan fingerprint density at radius 1 is 0.929 bits per heavy atom. The minimum atomic E-state index is -0.0535. The van der Waals surface area contributed by atoms with Crippen molar-refractivity contribution in [2.75, 3.05) is 25.4 Å². The zero-order valence-electron chi connectivity index (χ0n) is 24.4. The fourth-order valence-electron chi connectivity index (χ4n) is 8.33. The molecule has 218 valence electrons. The fraction of sp³-hybridized carbons (Fsp3) is 0.429. The summed E-state index contributed by atoms with van der Waals surface area (Å²) >= 11 is 6.41. The molecule has 0 radical (unpaired) electrons. The highest BCUT2D eigenvalue weighted by Gasteiger charge is 2.44. The zero-order valence-corrected chi connectivity index (χ0v) is 25.1. The maximum atomic E-state index is 13.5. The van der Waals surface area contributed by atoms with Crippen LogP contribution in [-0.2, 0) is 5.41 Å². The van der Waals surface area contributed by atoms with Crippen LogP contribution >= 0.6 is 11.6 Å². The van der Waals surface area contributed by atoms with Gasteiger partial charge in [0.25, 0.3) is 5.91 Å². The van der Waals surface area contributed by atoms with Crippen molar-refractivity contribution in [3.63, 3.8) is 0 Å². The number of piperidine rings is 2. The predicted molar refractivity (Wildman–Crippen MR) is 170 cm³/mol. The molecule has 2 unspecified atom stereocenters. The first-order chi connectivity index (χ1) is 20.4. The van der Waals surface area contributed by atoms with Gasteiger partial charge in [0.15, 0.2) is 0 Å². The summed E-state index contributed by atoms with van der Waals surface area (Å²) in [7, 11) is 0. The van der Waals surface area contributed by atoms with Crippen LogP contribution < -0.4 is 5.73 Å². The summed E-state index contributed by atoms with van der Waals surface area (Å²) in [6, 6.07) is 26.6. The lowest BCUT2D eigenvalue weighted by molar-refractivity contribution is 0.0608. The third-order valence-corrected chi connectivity index (χ3v) is 10.8. The van der Waals surface area contributed by atoms with Crippen molar-refractivity contribution in [3.8, 4) is 0 Å². The Morgan fingerprint density at radius 3 is 2.33 bits per heavy atom. The maximum absolute atomic E-state index is 13.5. The van der Waals surface area contributed by atoms with E-state index in [9.17, 15) is 4.79 Å². The number of likely N-dealkylation sites (tertiary alicyclic amines) is 1. The highest BCUT2D eigenvalue weighted by atomic mass is 35.5. The van der Waals surface area contributed by atoms with Gasteiger partial charge in [0, 0.05) is 36.9 Å². The van der Waals surface area contributed by atoms with Crippen molar-refractivity contribution in [1.29, 1.82) is 0 Å². The number of aryl methyl sites for hydroxylation is 1. The van der Waals surface area contributed by atoms with E-state index in [0.717, 1.165) is 37.1 Å². The molecule has 0 spiro atoms. The van der Waals surface area contributed by atoms with Crippen LogP contribution in [0.15, 0.2) is 72.8 Å². The van der Waals surface area contributed by atoms with E-state index in [0.29, 0.717) is 47.5 Å². The number of aromatic nitrogens is 2. The van der Waals surface area contributed by atoms with Crippen LogP contribution in [0, 0.1) is 6.92 Å². The molecule has 2 bridgehead atoms. The van der Waals surface area contributed by atoms with Gasteiger partial charge >= 0.3 is 0 Å². The lowest BCUT2D eigenvalue weighted by atomic mass is 9.70. The Bertz CT molecular complexity index is 1560. The van der Waals surface area contributed by atoms with Crippen molar-refractivity contribution in [1.82, 2.24) is 19.4 Å². The Kier molecular flexibility index (Phi) is 7.23. The van der Waals surface area contributed by atoms with Crippen molar-refractivity contribution < 1.29 is 4.79 Å². The number of imidazole rings is 1. The number of carbonyl (C=O) groups is 1. The molecular weight excluding hydrogens is 542 g/mol. The third kappa shape index (κ3) is 4.79. The van der Waals surface area contributed by atoms with Crippen LogP contribution in [0.25, 0.3) is 11.0 Å². The number of hydrogen-bond donors (Lipinski definition) is 1. The molecule has 3 saturated heterocycles. The van der Waals surface area contributed by atoms with Gasteiger partial charge in [-0.1, -0.05) is 60.1 Å². The highest BCUT2D eigenvalue weighted by molar-refractivity contribution is 6.34. The molecule has 2 atom stereocenters. The molecule has 7 heteroatoms. The van der Waals surface area contributed by atoms with Gasteiger partial charge in [0.2, 0.25) is 0 Å². The van der Waals surface area contributed by atoms with Gasteiger partial charge in [0.05, 0.1) is 21.6 Å². The van der Waals surface area contributed by atoms with Gasteiger partial charge in [-0.25, -0.2) is 4.98 Å². The molecule has 3 aliphatic heterocycles. The summed E-state index contributed by atoms with van der Waals surface area (Å²) in [5, 5.41) is 0.428. The number of benzene rings is 3. The standard InChI is InChI=1S/C35H40ClN5O/c1-24-38-31-12-5-6-13-32(31)41(24)28-22-26-14-15-27(23-28)40(26)21-18-35(25-8-3-2-4-9-25)16-19-39(20-17-35)34(42)33-29(36)10-7-11-30(33)37/h2-13,26-28H,14-23,37H2,1H3. The lowest BCUT2D eigenvalue weighted by Crippen LogP contribution is -2.49. The first-order valence-electron chi connectivity index (χ1n) is 15.5. The number of para-hydroxylation sites is 2. The molecule has 7 rings (SSSR count). The van der Waals surface area contributed by atoms with E-state index < -0.39 is 0 Å². The topological polar surface area (TPSA) is 67.4 Å². The normalized spacial score (nSPS) is 23.9. The first-order valence-corrected chi connectivity index (χ1v) is 15.9. The number of rotatable bonds is 6. The molecule has 6 nitrogen and oxygen atoms in total. The lowest BCUT2D eigenvalue weighted by Gasteiger charge is -2.45. The minimum Gasteiger partial charge on any atom is -0.398 e. The van der Waals surface area contributed by atoms with Crippen LogP contribution in [0.4, 0.5) is 5.69 Å². The summed E-state index contributed by atoms with van der Waals surface area (Å²) in [5.41, 5.74) is 10.9. The van der Waals surface area contributed by atoms with Gasteiger partial charge in [0.1, 0.15) is 5.82 Å². The second kappa shape index (κ2) is 11.1. The Labute approximate surface area is 253 Å². The van der Waals surface area contributed by atoms with Crippen LogP contribution in [-0.4, -0.2) is 57.0 Å².